The Bertz CT molecular complexity index is 564. The molecule has 0 bridgehead atoms. The number of nitrogens with one attached hydrogen (secondary N) is 2. The van der Waals surface area contributed by atoms with Crippen LogP contribution in [-0.4, -0.2) is 29.4 Å². The third-order valence-corrected chi connectivity index (χ3v) is 3.41. The van der Waals surface area contributed by atoms with E-state index in [0.717, 1.165) is 5.56 Å². The third-order valence-electron chi connectivity index (χ3n) is 3.41. The van der Waals surface area contributed by atoms with E-state index in [-0.39, 0.29) is 23.2 Å². The minimum atomic E-state index is -0.295. The molecular weight excluding hydrogens is 270 g/mol. The third kappa shape index (κ3) is 5.23. The number of ether oxygens (including phenoxy) is 1. The Morgan fingerprint density at radius 1 is 1.48 bits per heavy atom. The van der Waals surface area contributed by atoms with Crippen LogP contribution in [0.15, 0.2) is 17.1 Å². The fourth-order valence-electron chi connectivity index (χ4n) is 2.11. The molecule has 0 aliphatic heterocycles. The van der Waals surface area contributed by atoms with Crippen LogP contribution in [0.4, 0.5) is 10.5 Å². The van der Waals surface area contributed by atoms with E-state index >= 15 is 0 Å². The zero-order valence-electron chi connectivity index (χ0n) is 13.6. The highest BCUT2D eigenvalue weighted by molar-refractivity contribution is 5.90. The molecule has 0 saturated carbocycles. The van der Waals surface area contributed by atoms with Gasteiger partial charge in [-0.15, -0.1) is 0 Å². The number of carbonyl (C=O) groups is 1. The topological polar surface area (TPSA) is 72.4 Å². The average molecular weight is 295 g/mol. The number of hydrogen-bond donors (Lipinski definition) is 2. The van der Waals surface area contributed by atoms with Crippen LogP contribution in [0.1, 0.15) is 32.8 Å². The van der Waals surface area contributed by atoms with E-state index in [2.05, 4.69) is 10.6 Å². The lowest BCUT2D eigenvalue weighted by Crippen LogP contribution is -2.41. The molecule has 2 amide bonds. The van der Waals surface area contributed by atoms with Gasteiger partial charge >= 0.3 is 6.03 Å². The van der Waals surface area contributed by atoms with Gasteiger partial charge in [-0.1, -0.05) is 0 Å². The number of methoxy groups -OCH3 is 1. The van der Waals surface area contributed by atoms with E-state index in [9.17, 15) is 9.59 Å². The Kier molecular flexibility index (Phi) is 5.54. The van der Waals surface area contributed by atoms with E-state index in [4.69, 9.17) is 4.74 Å². The van der Waals surface area contributed by atoms with Crippen LogP contribution in [0, 0.1) is 6.92 Å². The highest BCUT2D eigenvalue weighted by Gasteiger charge is 2.21. The summed E-state index contributed by atoms with van der Waals surface area (Å²) < 4.78 is 6.78. The number of rotatable bonds is 5. The van der Waals surface area contributed by atoms with E-state index in [1.165, 1.54) is 10.6 Å². The maximum Gasteiger partial charge on any atom is 0.319 e. The number of aryl methyl sites for hydroxylation is 2. The van der Waals surface area contributed by atoms with E-state index in [1.54, 1.807) is 27.3 Å². The minimum absolute atomic E-state index is 0.0345. The van der Waals surface area contributed by atoms with Gasteiger partial charge in [-0.3, -0.25) is 4.79 Å². The molecule has 118 valence electrons. The highest BCUT2D eigenvalue weighted by Crippen LogP contribution is 2.16. The molecule has 6 nitrogen and oxygen atoms in total. The van der Waals surface area contributed by atoms with Gasteiger partial charge in [0.05, 0.1) is 11.3 Å². The zero-order chi connectivity index (χ0) is 16.2. The lowest BCUT2D eigenvalue weighted by Gasteiger charge is -2.27. The Balaban J connectivity index is 2.66. The fraction of sp³-hybridized carbons (Fsp3) is 0.600. The summed E-state index contributed by atoms with van der Waals surface area (Å²) in [6.07, 6.45) is 2.31. The lowest BCUT2D eigenvalue weighted by atomic mass is 10.00. The van der Waals surface area contributed by atoms with Crippen LogP contribution >= 0.6 is 0 Å². The van der Waals surface area contributed by atoms with Crippen molar-refractivity contribution in [1.29, 1.82) is 0 Å². The van der Waals surface area contributed by atoms with Gasteiger partial charge in [0, 0.05) is 32.5 Å². The number of anilines is 1. The van der Waals surface area contributed by atoms with Gasteiger partial charge in [-0.25, -0.2) is 4.79 Å². The second-order valence-electron chi connectivity index (χ2n) is 5.99. The van der Waals surface area contributed by atoms with Gasteiger partial charge in [0.25, 0.3) is 5.56 Å². The average Bonchev–Trinajstić information content (AvgIpc) is 2.35. The number of carbonyl (C=O) groups excluding carboxylic acids is 1. The van der Waals surface area contributed by atoms with Gasteiger partial charge in [-0.2, -0.15) is 0 Å². The first kappa shape index (κ1) is 17.2. The lowest BCUT2D eigenvalue weighted by molar-refractivity contribution is 0.00963. The SMILES string of the molecule is COC(C)(C)CC(C)NC(=O)Nc1cn(C)c(=O)cc1C. The predicted molar refractivity (Wildman–Crippen MR) is 83.7 cm³/mol. The molecule has 0 aromatic carbocycles. The molecule has 1 heterocycles. The van der Waals surface area contributed by atoms with Crippen molar-refractivity contribution in [2.24, 2.45) is 7.05 Å². The summed E-state index contributed by atoms with van der Waals surface area (Å²) >= 11 is 0. The maximum atomic E-state index is 12.0. The Hall–Kier alpha value is -1.82. The predicted octanol–water partition coefficient (Wildman–Crippen LogP) is 2.02. The summed E-state index contributed by atoms with van der Waals surface area (Å²) in [6.45, 7) is 7.66. The van der Waals surface area contributed by atoms with E-state index in [1.807, 2.05) is 20.8 Å². The Morgan fingerprint density at radius 3 is 2.67 bits per heavy atom. The number of pyridine rings is 1. The standard InChI is InChI=1S/C15H25N3O3/c1-10-7-13(19)18(5)9-12(10)17-14(20)16-11(2)8-15(3,4)21-6/h7,9,11H,8H2,1-6H3,(H2,16,17,20). The summed E-state index contributed by atoms with van der Waals surface area (Å²) in [5.74, 6) is 0. The van der Waals surface area contributed by atoms with Crippen molar-refractivity contribution in [2.45, 2.75) is 45.8 Å². The molecule has 0 radical (unpaired) electrons. The van der Waals surface area contributed by atoms with Crippen molar-refractivity contribution in [1.82, 2.24) is 9.88 Å². The van der Waals surface area contributed by atoms with Gasteiger partial charge in [-0.05, 0) is 39.7 Å². The molecule has 0 spiro atoms. The molecule has 6 heteroatoms. The summed E-state index contributed by atoms with van der Waals surface area (Å²) in [4.78, 5) is 23.5. The number of urea groups is 1. The molecule has 0 fully saturated rings. The quantitative estimate of drug-likeness (QED) is 0.873. The smallest absolute Gasteiger partial charge is 0.319 e. The Labute approximate surface area is 125 Å². The van der Waals surface area contributed by atoms with Gasteiger partial charge < -0.3 is 19.9 Å². The molecule has 2 N–H and O–H groups in total. The van der Waals surface area contributed by atoms with Crippen LogP contribution in [0.5, 0.6) is 0 Å². The van der Waals surface area contributed by atoms with Crippen molar-refractivity contribution >= 4 is 11.7 Å². The van der Waals surface area contributed by atoms with Crippen molar-refractivity contribution in [3.63, 3.8) is 0 Å². The molecule has 0 aliphatic rings. The van der Waals surface area contributed by atoms with Crippen molar-refractivity contribution in [3.05, 3.63) is 28.2 Å². The van der Waals surface area contributed by atoms with Crippen molar-refractivity contribution < 1.29 is 9.53 Å². The number of nitrogens with zero attached hydrogens (tertiary/aromatic N) is 1. The summed E-state index contributed by atoms with van der Waals surface area (Å²) in [7, 11) is 3.30. The molecule has 1 aromatic rings. The molecule has 0 saturated heterocycles. The normalized spacial score (nSPS) is 12.9. The van der Waals surface area contributed by atoms with Gasteiger partial charge in [0.1, 0.15) is 0 Å². The first-order valence-corrected chi connectivity index (χ1v) is 6.94. The second kappa shape index (κ2) is 6.76. The second-order valence-corrected chi connectivity index (χ2v) is 5.99. The summed E-state index contributed by atoms with van der Waals surface area (Å²) in [5, 5.41) is 5.63. The first-order chi connectivity index (χ1) is 9.64. The summed E-state index contributed by atoms with van der Waals surface area (Å²) in [5.41, 5.74) is 0.957. The van der Waals surface area contributed by atoms with Gasteiger partial charge in [0.15, 0.2) is 0 Å². The van der Waals surface area contributed by atoms with Crippen molar-refractivity contribution in [3.8, 4) is 0 Å². The van der Waals surface area contributed by atoms with Crippen molar-refractivity contribution in [2.75, 3.05) is 12.4 Å². The van der Waals surface area contributed by atoms with Crippen LogP contribution in [-0.2, 0) is 11.8 Å². The molecule has 1 aromatic heterocycles. The van der Waals surface area contributed by atoms with Crippen LogP contribution in [0.2, 0.25) is 0 Å². The number of amides is 2. The zero-order valence-corrected chi connectivity index (χ0v) is 13.6. The number of aromatic nitrogens is 1. The maximum absolute atomic E-state index is 12.0. The molecule has 0 aliphatic carbocycles. The molecule has 1 unspecified atom stereocenters. The largest absolute Gasteiger partial charge is 0.379 e. The van der Waals surface area contributed by atoms with Crippen LogP contribution in [0.3, 0.4) is 0 Å². The molecule has 1 rings (SSSR count). The highest BCUT2D eigenvalue weighted by atomic mass is 16.5. The molecule has 21 heavy (non-hydrogen) atoms. The molecular formula is C15H25N3O3. The first-order valence-electron chi connectivity index (χ1n) is 6.94. The minimum Gasteiger partial charge on any atom is -0.379 e. The number of hydrogen-bond acceptors (Lipinski definition) is 3. The van der Waals surface area contributed by atoms with E-state index < -0.39 is 0 Å². The van der Waals surface area contributed by atoms with Crippen LogP contribution < -0.4 is 16.2 Å². The van der Waals surface area contributed by atoms with Crippen LogP contribution in [0.25, 0.3) is 0 Å². The Morgan fingerprint density at radius 2 is 2.10 bits per heavy atom. The molecule has 1 atom stereocenters. The summed E-state index contributed by atoms with van der Waals surface area (Å²) in [6, 6.07) is 1.16. The van der Waals surface area contributed by atoms with E-state index in [0.29, 0.717) is 12.1 Å². The fourth-order valence-corrected chi connectivity index (χ4v) is 2.11. The monoisotopic (exact) mass is 295 g/mol. The van der Waals surface area contributed by atoms with Gasteiger partial charge in [0.2, 0.25) is 0 Å².